The van der Waals surface area contributed by atoms with Gasteiger partial charge in [-0.2, -0.15) is 5.10 Å². The molecule has 3 aromatic rings. The number of hydrogen-bond donors (Lipinski definition) is 4. The van der Waals surface area contributed by atoms with Crippen molar-refractivity contribution >= 4 is 39.9 Å². The molecule has 11 heteroatoms. The first-order chi connectivity index (χ1) is 17.3. The van der Waals surface area contributed by atoms with Crippen molar-refractivity contribution in [2.24, 2.45) is 5.92 Å². The van der Waals surface area contributed by atoms with Crippen LogP contribution in [0.2, 0.25) is 0 Å². The summed E-state index contributed by atoms with van der Waals surface area (Å²) >= 11 is 4.35. The highest BCUT2D eigenvalue weighted by Gasteiger charge is 2.30. The summed E-state index contributed by atoms with van der Waals surface area (Å²) in [6.07, 6.45) is 11.5. The van der Waals surface area contributed by atoms with Gasteiger partial charge in [0.25, 0.3) is 5.91 Å². The van der Waals surface area contributed by atoms with Crippen molar-refractivity contribution in [3.05, 3.63) is 42.2 Å². The molecule has 0 saturated heterocycles. The third kappa shape index (κ3) is 5.90. The maximum Gasteiger partial charge on any atom is 0.277 e. The van der Waals surface area contributed by atoms with Gasteiger partial charge in [0.15, 0.2) is 5.69 Å². The standard InChI is InChI=1S/C25H32N6O3S2/c1-25(2,33)22-19(13-31(30-22)17-5-7-18(36-35)8-6-17)28-23(32)20-14-34-24(29-20)16-9-10-26-21(11-16)27-12-15-3-4-15/h9-11,13-15,17-18,33,35H,3-8,12H2,1-2H3,(H,26,27)(H,28,32). The van der Waals surface area contributed by atoms with Crippen molar-refractivity contribution in [1.29, 1.82) is 0 Å². The molecular weight excluding hydrogens is 496 g/mol. The third-order valence-corrected chi connectivity index (χ3v) is 8.40. The van der Waals surface area contributed by atoms with Crippen LogP contribution in [0.1, 0.15) is 74.6 Å². The van der Waals surface area contributed by atoms with Gasteiger partial charge in [-0.3, -0.25) is 9.48 Å². The maximum absolute atomic E-state index is 13.1. The quantitative estimate of drug-likeness (QED) is 0.218. The number of amides is 1. The number of aromatic nitrogens is 4. The van der Waals surface area contributed by atoms with Crippen molar-refractivity contribution in [1.82, 2.24) is 19.7 Å². The van der Waals surface area contributed by atoms with E-state index in [-0.39, 0.29) is 11.7 Å². The molecule has 0 spiro atoms. The third-order valence-electron chi connectivity index (χ3n) is 6.74. The van der Waals surface area contributed by atoms with Crippen LogP contribution in [0.15, 0.2) is 35.2 Å². The summed E-state index contributed by atoms with van der Waals surface area (Å²) < 4.78 is 7.49. The van der Waals surface area contributed by atoms with Crippen LogP contribution in [0.3, 0.4) is 0 Å². The number of nitrogens with zero attached hydrogens (tertiary/aromatic N) is 4. The summed E-state index contributed by atoms with van der Waals surface area (Å²) in [7, 11) is 1.61. The topological polar surface area (TPSA) is 118 Å². The van der Waals surface area contributed by atoms with Gasteiger partial charge in [-0.05, 0) is 70.4 Å². The van der Waals surface area contributed by atoms with E-state index in [2.05, 4.69) is 37.4 Å². The number of thiol groups is 1. The van der Waals surface area contributed by atoms with Gasteiger partial charge < -0.3 is 20.2 Å². The second-order valence-electron chi connectivity index (χ2n) is 10.2. The van der Waals surface area contributed by atoms with Crippen molar-refractivity contribution in [2.45, 2.75) is 69.3 Å². The Labute approximate surface area is 219 Å². The summed E-state index contributed by atoms with van der Waals surface area (Å²) in [5.41, 5.74) is 0.559. The van der Waals surface area contributed by atoms with E-state index in [9.17, 15) is 9.90 Å². The first kappa shape index (κ1) is 25.2. The molecule has 0 bridgehead atoms. The molecule has 0 aliphatic heterocycles. The Balaban J connectivity index is 1.30. The maximum atomic E-state index is 13.1. The molecule has 0 radical (unpaired) electrons. The van der Waals surface area contributed by atoms with E-state index in [1.165, 1.54) is 19.1 Å². The Morgan fingerprint density at radius 1 is 1.28 bits per heavy atom. The van der Waals surface area contributed by atoms with Crippen LogP contribution in [-0.2, 0) is 5.60 Å². The van der Waals surface area contributed by atoms with Crippen molar-refractivity contribution < 1.29 is 14.3 Å². The summed E-state index contributed by atoms with van der Waals surface area (Å²) in [4.78, 5) is 21.8. The Bertz CT molecular complexity index is 1210. The number of pyridine rings is 1. The predicted octanol–water partition coefficient (Wildman–Crippen LogP) is 5.30. The van der Waals surface area contributed by atoms with Crippen molar-refractivity contribution in [3.8, 4) is 11.5 Å². The molecule has 5 rings (SSSR count). The van der Waals surface area contributed by atoms with E-state index >= 15 is 0 Å². The average molecular weight is 529 g/mol. The minimum atomic E-state index is -1.22. The number of anilines is 2. The van der Waals surface area contributed by atoms with Gasteiger partial charge >= 0.3 is 0 Å². The average Bonchev–Trinajstić information content (AvgIpc) is 3.38. The van der Waals surface area contributed by atoms with E-state index in [0.29, 0.717) is 22.5 Å². The van der Waals surface area contributed by atoms with Gasteiger partial charge in [-0.15, -0.1) is 11.7 Å². The molecule has 0 unspecified atom stereocenters. The predicted molar refractivity (Wildman–Crippen MR) is 144 cm³/mol. The van der Waals surface area contributed by atoms with Crippen molar-refractivity contribution in [3.63, 3.8) is 0 Å². The van der Waals surface area contributed by atoms with E-state index in [1.807, 2.05) is 16.9 Å². The fourth-order valence-corrected chi connectivity index (χ4v) is 5.58. The zero-order valence-corrected chi connectivity index (χ0v) is 22.2. The van der Waals surface area contributed by atoms with Gasteiger partial charge in [0.05, 0.1) is 11.7 Å². The number of hydrogen-bond acceptors (Lipinski definition) is 9. The number of aliphatic hydroxyl groups is 1. The molecule has 2 fully saturated rings. The van der Waals surface area contributed by atoms with Crippen LogP contribution in [0.25, 0.3) is 11.5 Å². The van der Waals surface area contributed by atoms with Crippen LogP contribution < -0.4 is 10.6 Å². The lowest BCUT2D eigenvalue weighted by Gasteiger charge is -2.27. The summed E-state index contributed by atoms with van der Waals surface area (Å²) in [5.74, 6) is 1.40. The van der Waals surface area contributed by atoms with Gasteiger partial charge in [0, 0.05) is 29.8 Å². The highest BCUT2D eigenvalue weighted by atomic mass is 33.1. The number of rotatable bonds is 9. The highest BCUT2D eigenvalue weighted by molar-refractivity contribution is 8.68. The fourth-order valence-electron chi connectivity index (χ4n) is 4.47. The molecular formula is C25H32N6O3S2. The van der Waals surface area contributed by atoms with Crippen LogP contribution in [0.4, 0.5) is 11.5 Å². The molecule has 0 atom stereocenters. The minimum absolute atomic E-state index is 0.148. The van der Waals surface area contributed by atoms with Crippen LogP contribution in [0.5, 0.6) is 0 Å². The number of oxazole rings is 1. The Hall–Kier alpha value is -2.50. The highest BCUT2D eigenvalue weighted by Crippen LogP contribution is 2.37. The van der Waals surface area contributed by atoms with E-state index < -0.39 is 11.5 Å². The molecule has 192 valence electrons. The van der Waals surface area contributed by atoms with Gasteiger partial charge in [-0.1, -0.05) is 10.8 Å². The lowest BCUT2D eigenvalue weighted by atomic mass is 9.95. The summed E-state index contributed by atoms with van der Waals surface area (Å²) in [5, 5.41) is 22.2. The molecule has 2 aliphatic rings. The number of nitrogens with one attached hydrogen (secondary N) is 2. The molecule has 3 heterocycles. The molecule has 0 aromatic carbocycles. The number of carbonyl (C=O) groups excluding carboxylic acids is 1. The van der Waals surface area contributed by atoms with Crippen LogP contribution in [0, 0.1) is 5.92 Å². The Morgan fingerprint density at radius 3 is 2.75 bits per heavy atom. The normalized spacial score (nSPS) is 20.3. The lowest BCUT2D eigenvalue weighted by Crippen LogP contribution is -2.22. The zero-order chi connectivity index (χ0) is 25.3. The lowest BCUT2D eigenvalue weighted by molar-refractivity contribution is 0.0732. The molecule has 2 saturated carbocycles. The Kier molecular flexibility index (Phi) is 7.32. The smallest absolute Gasteiger partial charge is 0.277 e. The fraction of sp³-hybridized carbons (Fsp3) is 0.520. The van der Waals surface area contributed by atoms with Crippen molar-refractivity contribution in [2.75, 3.05) is 17.2 Å². The van der Waals surface area contributed by atoms with E-state index in [0.717, 1.165) is 49.5 Å². The first-order valence-corrected chi connectivity index (χ1v) is 14.3. The second kappa shape index (κ2) is 10.5. The van der Waals surface area contributed by atoms with Gasteiger partial charge in [0.1, 0.15) is 23.4 Å². The van der Waals surface area contributed by atoms with Gasteiger partial charge in [0.2, 0.25) is 5.89 Å². The van der Waals surface area contributed by atoms with Crippen LogP contribution >= 0.6 is 22.5 Å². The van der Waals surface area contributed by atoms with E-state index in [4.69, 9.17) is 4.42 Å². The molecule has 3 N–H and O–H groups in total. The second-order valence-corrected chi connectivity index (χ2v) is 11.7. The molecule has 9 nitrogen and oxygen atoms in total. The van der Waals surface area contributed by atoms with Gasteiger partial charge in [-0.25, -0.2) is 9.97 Å². The molecule has 2 aliphatic carbocycles. The summed E-state index contributed by atoms with van der Waals surface area (Å²) in [6, 6.07) is 3.89. The van der Waals surface area contributed by atoms with Crippen LogP contribution in [-0.4, -0.2) is 42.6 Å². The molecule has 36 heavy (non-hydrogen) atoms. The molecule has 1 amide bonds. The summed E-state index contributed by atoms with van der Waals surface area (Å²) in [6.45, 7) is 4.23. The Morgan fingerprint density at radius 2 is 2.06 bits per heavy atom. The monoisotopic (exact) mass is 528 g/mol. The first-order valence-electron chi connectivity index (χ1n) is 12.4. The zero-order valence-electron chi connectivity index (χ0n) is 20.5. The largest absolute Gasteiger partial charge is 0.444 e. The molecule has 3 aromatic heterocycles. The number of carbonyl (C=O) groups is 1. The van der Waals surface area contributed by atoms with E-state index in [1.54, 1.807) is 36.9 Å². The minimum Gasteiger partial charge on any atom is -0.444 e. The SMILES string of the molecule is CC(C)(O)c1nn(C2CCC(SS)CC2)cc1NC(=O)c1coc(-c2ccnc(NCC3CC3)c2)n1.